The highest BCUT2D eigenvalue weighted by molar-refractivity contribution is 6.07. The highest BCUT2D eigenvalue weighted by Crippen LogP contribution is 2.21. The Kier molecular flexibility index (Phi) is 3.93. The van der Waals surface area contributed by atoms with E-state index in [0.717, 1.165) is 0 Å². The molecule has 2 aromatic rings. The second-order valence-corrected chi connectivity index (χ2v) is 4.66. The molecule has 0 aliphatic carbocycles. The van der Waals surface area contributed by atoms with Crippen LogP contribution in [0.1, 0.15) is 30.2 Å². The van der Waals surface area contributed by atoms with Gasteiger partial charge in [0.2, 0.25) is 0 Å². The molecule has 1 aromatic carbocycles. The number of carbonyl (C=O) groups is 1. The van der Waals surface area contributed by atoms with Crippen LogP contribution in [-0.4, -0.2) is 22.8 Å². The number of rotatable bonds is 4. The summed E-state index contributed by atoms with van der Waals surface area (Å²) < 4.78 is 6.83. The number of methoxy groups -OCH3 is 1. The van der Waals surface area contributed by atoms with Crippen molar-refractivity contribution < 1.29 is 9.53 Å². The molecule has 0 bridgehead atoms. The van der Waals surface area contributed by atoms with Crippen molar-refractivity contribution in [2.24, 2.45) is 0 Å². The summed E-state index contributed by atoms with van der Waals surface area (Å²) in [5, 5.41) is 6.97. The predicted octanol–water partition coefficient (Wildman–Crippen LogP) is 2.31. The van der Waals surface area contributed by atoms with E-state index in [9.17, 15) is 4.79 Å². The maximum absolute atomic E-state index is 12.3. The lowest BCUT2D eigenvalue weighted by atomic mass is 10.1. The van der Waals surface area contributed by atoms with Gasteiger partial charge in [0.15, 0.2) is 0 Å². The van der Waals surface area contributed by atoms with E-state index in [0.29, 0.717) is 22.8 Å². The van der Waals surface area contributed by atoms with Crippen molar-refractivity contribution in [1.82, 2.24) is 9.78 Å². The first kappa shape index (κ1) is 13.9. The molecule has 0 aliphatic rings. The number of nitrogens with zero attached hydrogens (tertiary/aromatic N) is 2. The number of amides is 1. The third-order valence-corrected chi connectivity index (χ3v) is 2.91. The lowest BCUT2D eigenvalue weighted by Crippen LogP contribution is -2.18. The highest BCUT2D eigenvalue weighted by Gasteiger charge is 2.14. The molecule has 3 N–H and O–H groups in total. The second-order valence-electron chi connectivity index (χ2n) is 4.66. The monoisotopic (exact) mass is 274 g/mol. The van der Waals surface area contributed by atoms with E-state index < -0.39 is 0 Å². The molecule has 1 aromatic heterocycles. The molecule has 0 fully saturated rings. The van der Waals surface area contributed by atoms with Gasteiger partial charge in [0, 0.05) is 17.8 Å². The Hall–Kier alpha value is -2.50. The van der Waals surface area contributed by atoms with Crippen LogP contribution in [0.3, 0.4) is 0 Å². The predicted molar refractivity (Wildman–Crippen MR) is 78.0 cm³/mol. The van der Waals surface area contributed by atoms with E-state index in [-0.39, 0.29) is 11.9 Å². The Morgan fingerprint density at radius 1 is 1.40 bits per heavy atom. The van der Waals surface area contributed by atoms with Gasteiger partial charge in [0.25, 0.3) is 5.91 Å². The smallest absolute Gasteiger partial charge is 0.259 e. The number of benzene rings is 1. The molecule has 106 valence electrons. The van der Waals surface area contributed by atoms with Crippen molar-refractivity contribution in [1.29, 1.82) is 0 Å². The topological polar surface area (TPSA) is 82.2 Å². The Balaban J connectivity index is 2.26. The van der Waals surface area contributed by atoms with Gasteiger partial charge in [-0.15, -0.1) is 0 Å². The van der Waals surface area contributed by atoms with Gasteiger partial charge in [-0.2, -0.15) is 5.10 Å². The Morgan fingerprint density at radius 2 is 2.15 bits per heavy atom. The van der Waals surface area contributed by atoms with Crippen LogP contribution in [0, 0.1) is 0 Å². The molecule has 0 atom stereocenters. The summed E-state index contributed by atoms with van der Waals surface area (Å²) in [7, 11) is 1.54. The molecule has 1 heterocycles. The fourth-order valence-corrected chi connectivity index (χ4v) is 1.87. The van der Waals surface area contributed by atoms with Crippen LogP contribution in [0.5, 0.6) is 5.75 Å². The lowest BCUT2D eigenvalue weighted by Gasteiger charge is -2.13. The van der Waals surface area contributed by atoms with Crippen LogP contribution in [0.2, 0.25) is 0 Å². The number of carbonyl (C=O) groups excluding carboxylic acids is 1. The van der Waals surface area contributed by atoms with Crippen molar-refractivity contribution >= 4 is 17.4 Å². The Morgan fingerprint density at radius 3 is 2.80 bits per heavy atom. The maximum Gasteiger partial charge on any atom is 0.259 e. The summed E-state index contributed by atoms with van der Waals surface area (Å²) in [5.74, 6) is 0.928. The van der Waals surface area contributed by atoms with Gasteiger partial charge in [-0.1, -0.05) is 0 Å². The molecule has 20 heavy (non-hydrogen) atoms. The third-order valence-electron chi connectivity index (χ3n) is 2.91. The molecule has 1 amide bonds. The zero-order chi connectivity index (χ0) is 14.7. The molecule has 0 spiro atoms. The molecule has 6 heteroatoms. The summed E-state index contributed by atoms with van der Waals surface area (Å²) in [5.41, 5.74) is 6.61. The average molecular weight is 274 g/mol. The lowest BCUT2D eigenvalue weighted by molar-refractivity contribution is 0.102. The van der Waals surface area contributed by atoms with E-state index in [1.807, 2.05) is 13.8 Å². The van der Waals surface area contributed by atoms with E-state index >= 15 is 0 Å². The number of aromatic nitrogens is 2. The summed E-state index contributed by atoms with van der Waals surface area (Å²) in [4.78, 5) is 12.3. The number of nitrogen functional groups attached to an aromatic ring is 1. The van der Waals surface area contributed by atoms with Gasteiger partial charge >= 0.3 is 0 Å². The normalized spacial score (nSPS) is 10.6. The maximum atomic E-state index is 12.3. The first-order valence-corrected chi connectivity index (χ1v) is 6.31. The van der Waals surface area contributed by atoms with E-state index in [1.54, 1.807) is 42.3 Å². The first-order chi connectivity index (χ1) is 9.52. The van der Waals surface area contributed by atoms with Gasteiger partial charge in [0.1, 0.15) is 11.6 Å². The Bertz CT molecular complexity index is 619. The second kappa shape index (κ2) is 5.64. The zero-order valence-electron chi connectivity index (χ0n) is 11.8. The van der Waals surface area contributed by atoms with Gasteiger partial charge in [0.05, 0.1) is 18.9 Å². The fraction of sp³-hybridized carbons (Fsp3) is 0.286. The summed E-state index contributed by atoms with van der Waals surface area (Å²) in [6, 6.07) is 6.87. The highest BCUT2D eigenvalue weighted by atomic mass is 16.5. The molecular formula is C14H18N4O2. The van der Waals surface area contributed by atoms with Gasteiger partial charge in [-0.25, -0.2) is 4.68 Å². The molecule has 0 saturated carbocycles. The number of anilines is 2. The molecule has 0 radical (unpaired) electrons. The summed E-state index contributed by atoms with van der Waals surface area (Å²) in [6.07, 6.45) is 1.64. The molecule has 6 nitrogen and oxygen atoms in total. The minimum Gasteiger partial charge on any atom is -0.497 e. The van der Waals surface area contributed by atoms with Gasteiger partial charge in [-0.3, -0.25) is 4.79 Å². The van der Waals surface area contributed by atoms with Gasteiger partial charge < -0.3 is 15.8 Å². The van der Waals surface area contributed by atoms with Gasteiger partial charge in [-0.05, 0) is 32.0 Å². The number of hydrogen-bond acceptors (Lipinski definition) is 4. The van der Waals surface area contributed by atoms with Crippen LogP contribution in [0.15, 0.2) is 30.5 Å². The van der Waals surface area contributed by atoms with Crippen molar-refractivity contribution in [3.8, 4) is 5.75 Å². The Labute approximate surface area is 117 Å². The van der Waals surface area contributed by atoms with Crippen LogP contribution in [-0.2, 0) is 0 Å². The number of ether oxygens (including phenoxy) is 1. The van der Waals surface area contributed by atoms with Crippen molar-refractivity contribution in [2.45, 2.75) is 19.9 Å². The average Bonchev–Trinajstić information content (AvgIpc) is 2.87. The van der Waals surface area contributed by atoms with Crippen molar-refractivity contribution in [2.75, 3.05) is 18.2 Å². The van der Waals surface area contributed by atoms with E-state index in [2.05, 4.69) is 10.4 Å². The van der Waals surface area contributed by atoms with Crippen LogP contribution >= 0.6 is 0 Å². The van der Waals surface area contributed by atoms with Crippen molar-refractivity contribution in [3.05, 3.63) is 36.0 Å². The third kappa shape index (κ3) is 2.74. The van der Waals surface area contributed by atoms with Crippen LogP contribution < -0.4 is 15.8 Å². The molecule has 0 unspecified atom stereocenters. The minimum absolute atomic E-state index is 0.156. The van der Waals surface area contributed by atoms with Crippen LogP contribution in [0.25, 0.3) is 0 Å². The van der Waals surface area contributed by atoms with Crippen LogP contribution in [0.4, 0.5) is 11.5 Å². The molecule has 2 rings (SSSR count). The minimum atomic E-state index is -0.288. The number of nitrogens with one attached hydrogen (secondary N) is 1. The number of nitrogens with two attached hydrogens (primary N) is 1. The van der Waals surface area contributed by atoms with E-state index in [4.69, 9.17) is 10.5 Å². The molecule has 0 saturated heterocycles. The standard InChI is InChI=1S/C14H18N4O2/c1-9(2)18-13(6-7-16-18)17-14(19)11-8-10(20-3)4-5-12(11)15/h4-9H,15H2,1-3H3,(H,17,19). The zero-order valence-corrected chi connectivity index (χ0v) is 11.8. The fourth-order valence-electron chi connectivity index (χ4n) is 1.87. The largest absolute Gasteiger partial charge is 0.497 e. The quantitative estimate of drug-likeness (QED) is 0.838. The summed E-state index contributed by atoms with van der Waals surface area (Å²) >= 11 is 0. The SMILES string of the molecule is COc1ccc(N)c(C(=O)Nc2ccnn2C(C)C)c1. The first-order valence-electron chi connectivity index (χ1n) is 6.31. The van der Waals surface area contributed by atoms with E-state index in [1.165, 1.54) is 0 Å². The summed E-state index contributed by atoms with van der Waals surface area (Å²) in [6.45, 7) is 3.98. The number of hydrogen-bond donors (Lipinski definition) is 2. The molecular weight excluding hydrogens is 256 g/mol. The molecule has 0 aliphatic heterocycles. The van der Waals surface area contributed by atoms with Crippen molar-refractivity contribution in [3.63, 3.8) is 0 Å².